The summed E-state index contributed by atoms with van der Waals surface area (Å²) >= 11 is 1.45. The Kier molecular flexibility index (Phi) is 6.15. The Morgan fingerprint density at radius 2 is 2.06 bits per heavy atom. The van der Waals surface area contributed by atoms with Gasteiger partial charge in [-0.3, -0.25) is 4.79 Å². The van der Waals surface area contributed by atoms with Gasteiger partial charge in [0.1, 0.15) is 0 Å². The lowest BCUT2D eigenvalue weighted by Crippen LogP contribution is -2.28. The maximum Gasteiger partial charge on any atom is 0.174 e. The molecule has 0 aromatic carbocycles. The van der Waals surface area contributed by atoms with Crippen molar-refractivity contribution in [1.82, 2.24) is 4.90 Å². The molecular weight excluding hydrogens is 246 g/mol. The molecule has 0 atom stereocenters. The molecule has 0 radical (unpaired) electrons. The molecule has 102 valence electrons. The number of nitrogens with two attached hydrogens (primary N) is 1. The number of thiophene rings is 1. The lowest BCUT2D eigenvalue weighted by atomic mass is 10.2. The van der Waals surface area contributed by atoms with E-state index in [2.05, 4.69) is 24.1 Å². The lowest BCUT2D eigenvalue weighted by molar-refractivity contribution is 0.0993. The van der Waals surface area contributed by atoms with Crippen LogP contribution in [0.1, 0.15) is 36.9 Å². The lowest BCUT2D eigenvalue weighted by Gasteiger charge is -2.17. The number of likely N-dealkylation sites (N-methyl/N-ethyl adjacent to an activating group) is 1. The molecule has 1 rings (SSSR count). The fraction of sp³-hybridized carbons (Fsp3) is 0.615. The third kappa shape index (κ3) is 3.99. The van der Waals surface area contributed by atoms with E-state index in [1.165, 1.54) is 11.3 Å². The van der Waals surface area contributed by atoms with Gasteiger partial charge in [0.05, 0.1) is 15.6 Å². The highest BCUT2D eigenvalue weighted by atomic mass is 32.1. The largest absolute Gasteiger partial charge is 0.397 e. The van der Waals surface area contributed by atoms with E-state index in [1.807, 2.05) is 13.0 Å². The minimum absolute atomic E-state index is 0.120. The summed E-state index contributed by atoms with van der Waals surface area (Å²) in [7, 11) is 0. The van der Waals surface area contributed by atoms with Crippen LogP contribution in [0, 0.1) is 0 Å². The smallest absolute Gasteiger partial charge is 0.174 e. The quantitative estimate of drug-likeness (QED) is 0.712. The van der Waals surface area contributed by atoms with Gasteiger partial charge >= 0.3 is 0 Å². The number of nitrogens with one attached hydrogen (secondary N) is 1. The van der Waals surface area contributed by atoms with E-state index in [0.717, 1.165) is 31.2 Å². The zero-order chi connectivity index (χ0) is 13.5. The van der Waals surface area contributed by atoms with Gasteiger partial charge in [0, 0.05) is 19.5 Å². The van der Waals surface area contributed by atoms with Crippen molar-refractivity contribution in [2.24, 2.45) is 0 Å². The van der Waals surface area contributed by atoms with Crippen molar-refractivity contribution < 1.29 is 4.79 Å². The predicted molar refractivity (Wildman–Crippen MR) is 79.6 cm³/mol. The molecule has 0 spiro atoms. The van der Waals surface area contributed by atoms with E-state index < -0.39 is 0 Å². The highest BCUT2D eigenvalue weighted by molar-refractivity contribution is 7.18. The van der Waals surface area contributed by atoms with E-state index in [-0.39, 0.29) is 5.78 Å². The molecule has 0 aliphatic rings. The summed E-state index contributed by atoms with van der Waals surface area (Å²) in [6, 6.07) is 1.86. The molecule has 0 unspecified atom stereocenters. The Morgan fingerprint density at radius 1 is 1.39 bits per heavy atom. The Bertz CT molecular complexity index is 386. The van der Waals surface area contributed by atoms with Crippen molar-refractivity contribution in [2.75, 3.05) is 37.2 Å². The molecule has 0 fully saturated rings. The number of hydrogen-bond acceptors (Lipinski definition) is 5. The molecule has 5 heteroatoms. The second-order valence-electron chi connectivity index (χ2n) is 4.13. The Balaban J connectivity index is 2.51. The van der Waals surface area contributed by atoms with E-state index >= 15 is 0 Å². The van der Waals surface area contributed by atoms with Crippen LogP contribution in [0.3, 0.4) is 0 Å². The van der Waals surface area contributed by atoms with Crippen LogP contribution < -0.4 is 11.1 Å². The van der Waals surface area contributed by atoms with Crippen LogP contribution in [0.5, 0.6) is 0 Å². The number of anilines is 2. The average molecular weight is 269 g/mol. The fourth-order valence-corrected chi connectivity index (χ4v) is 2.76. The van der Waals surface area contributed by atoms with Gasteiger partial charge < -0.3 is 16.0 Å². The van der Waals surface area contributed by atoms with Crippen molar-refractivity contribution >= 4 is 27.8 Å². The summed E-state index contributed by atoms with van der Waals surface area (Å²) in [4.78, 5) is 14.6. The maximum absolute atomic E-state index is 11.6. The van der Waals surface area contributed by atoms with Crippen LogP contribution in [0.15, 0.2) is 6.07 Å². The Morgan fingerprint density at radius 3 is 2.61 bits per heavy atom. The molecule has 1 aromatic rings. The zero-order valence-electron chi connectivity index (χ0n) is 11.5. The van der Waals surface area contributed by atoms with Gasteiger partial charge in [-0.1, -0.05) is 20.8 Å². The van der Waals surface area contributed by atoms with Crippen LogP contribution in [0.25, 0.3) is 0 Å². The van der Waals surface area contributed by atoms with Gasteiger partial charge in [-0.2, -0.15) is 0 Å². The van der Waals surface area contributed by atoms with Crippen molar-refractivity contribution in [3.05, 3.63) is 10.9 Å². The van der Waals surface area contributed by atoms with Crippen LogP contribution in [0.4, 0.5) is 10.7 Å². The van der Waals surface area contributed by atoms with Crippen molar-refractivity contribution in [1.29, 1.82) is 0 Å². The van der Waals surface area contributed by atoms with Gasteiger partial charge in [0.2, 0.25) is 0 Å². The van der Waals surface area contributed by atoms with E-state index in [9.17, 15) is 4.79 Å². The van der Waals surface area contributed by atoms with Gasteiger partial charge in [-0.15, -0.1) is 11.3 Å². The van der Waals surface area contributed by atoms with E-state index in [1.54, 1.807) is 0 Å². The van der Waals surface area contributed by atoms with Gasteiger partial charge in [0.15, 0.2) is 5.78 Å². The standard InChI is InChI=1S/C13H23N3OS/c1-4-11(17)13-10(14)9-12(18-13)15-7-8-16(5-2)6-3/h9,15H,4-8,14H2,1-3H3. The van der Waals surface area contributed by atoms with E-state index in [4.69, 9.17) is 5.73 Å². The third-order valence-corrected chi connectivity index (χ3v) is 4.11. The SMILES string of the molecule is CCC(=O)c1sc(NCCN(CC)CC)cc1N. The van der Waals surface area contributed by atoms with E-state index in [0.29, 0.717) is 17.0 Å². The Labute approximate surface area is 113 Å². The van der Waals surface area contributed by atoms with Crippen LogP contribution in [-0.4, -0.2) is 36.9 Å². The van der Waals surface area contributed by atoms with Gasteiger partial charge in [-0.25, -0.2) is 0 Å². The fourth-order valence-electron chi connectivity index (χ4n) is 1.75. The Hall–Kier alpha value is -1.07. The molecule has 4 nitrogen and oxygen atoms in total. The first-order valence-electron chi connectivity index (χ1n) is 6.51. The van der Waals surface area contributed by atoms with Crippen LogP contribution in [-0.2, 0) is 0 Å². The molecule has 0 saturated carbocycles. The van der Waals surface area contributed by atoms with Crippen molar-refractivity contribution in [2.45, 2.75) is 27.2 Å². The predicted octanol–water partition coefficient (Wildman–Crippen LogP) is 2.68. The number of hydrogen-bond donors (Lipinski definition) is 2. The summed E-state index contributed by atoms with van der Waals surface area (Å²) < 4.78 is 0. The summed E-state index contributed by atoms with van der Waals surface area (Å²) in [6.07, 6.45) is 0.504. The number of nitrogen functional groups attached to an aromatic ring is 1. The zero-order valence-corrected chi connectivity index (χ0v) is 12.3. The first-order valence-corrected chi connectivity index (χ1v) is 7.32. The minimum Gasteiger partial charge on any atom is -0.397 e. The van der Waals surface area contributed by atoms with Crippen LogP contribution in [0.2, 0.25) is 0 Å². The second-order valence-corrected chi connectivity index (χ2v) is 5.18. The molecule has 18 heavy (non-hydrogen) atoms. The normalized spacial score (nSPS) is 10.9. The number of ketones is 1. The summed E-state index contributed by atoms with van der Waals surface area (Å²) in [6.45, 7) is 10.2. The second kappa shape index (κ2) is 7.38. The molecule has 0 amide bonds. The van der Waals surface area contributed by atoms with Gasteiger partial charge in [0.25, 0.3) is 0 Å². The highest BCUT2D eigenvalue weighted by Crippen LogP contribution is 2.29. The molecule has 0 bridgehead atoms. The molecule has 0 aliphatic heterocycles. The first kappa shape index (κ1) is 15.0. The monoisotopic (exact) mass is 269 g/mol. The molecule has 0 saturated heterocycles. The topological polar surface area (TPSA) is 58.4 Å². The number of rotatable bonds is 8. The number of Topliss-reactive ketones (excluding diaryl/α,β-unsaturated/α-hetero) is 1. The third-order valence-electron chi connectivity index (χ3n) is 2.96. The average Bonchev–Trinajstić information content (AvgIpc) is 2.75. The summed E-state index contributed by atoms with van der Waals surface area (Å²) in [5, 5.41) is 4.31. The number of carbonyl (C=O) groups is 1. The van der Waals surface area contributed by atoms with Crippen LogP contribution >= 0.6 is 11.3 Å². The molecule has 1 aromatic heterocycles. The highest BCUT2D eigenvalue weighted by Gasteiger charge is 2.12. The van der Waals surface area contributed by atoms with Gasteiger partial charge in [-0.05, 0) is 19.2 Å². The molecule has 0 aliphatic carbocycles. The number of nitrogens with zero attached hydrogens (tertiary/aromatic N) is 1. The van der Waals surface area contributed by atoms with Crippen molar-refractivity contribution in [3.8, 4) is 0 Å². The summed E-state index contributed by atoms with van der Waals surface area (Å²) in [5.41, 5.74) is 6.44. The maximum atomic E-state index is 11.6. The molecule has 3 N–H and O–H groups in total. The first-order chi connectivity index (χ1) is 8.62. The molecular formula is C13H23N3OS. The molecule has 1 heterocycles. The summed E-state index contributed by atoms with van der Waals surface area (Å²) in [5.74, 6) is 0.120. The number of carbonyl (C=O) groups excluding carboxylic acids is 1. The minimum atomic E-state index is 0.120. The van der Waals surface area contributed by atoms with Crippen molar-refractivity contribution in [3.63, 3.8) is 0 Å².